The summed E-state index contributed by atoms with van der Waals surface area (Å²) in [6, 6.07) is 6.88. The van der Waals surface area contributed by atoms with Gasteiger partial charge in [0.1, 0.15) is 28.6 Å². The van der Waals surface area contributed by atoms with Crippen LogP contribution >= 0.6 is 0 Å². The van der Waals surface area contributed by atoms with Gasteiger partial charge in [-0.1, -0.05) is 20.8 Å². The number of methoxy groups -OCH3 is 1. The molecule has 1 heterocycles. The fraction of sp³-hybridized carbons (Fsp3) is 0.391. The van der Waals surface area contributed by atoms with Gasteiger partial charge in [0.15, 0.2) is 11.2 Å². The monoisotopic (exact) mass is 382 g/mol. The number of ketones is 1. The third-order valence-electron chi connectivity index (χ3n) is 5.87. The zero-order valence-corrected chi connectivity index (χ0v) is 17.0. The molecule has 0 amide bonds. The molecule has 0 radical (unpaired) electrons. The number of aliphatic hydroxyl groups excluding tert-OH is 1. The number of fused-ring (bicyclic) bond motifs is 1. The van der Waals surface area contributed by atoms with E-state index < -0.39 is 5.41 Å². The van der Waals surface area contributed by atoms with E-state index in [1.54, 1.807) is 20.1 Å². The minimum Gasteiger partial charge on any atom is -0.507 e. The number of ether oxygens (including phenoxy) is 1. The van der Waals surface area contributed by atoms with Crippen molar-refractivity contribution >= 4 is 11.5 Å². The quantitative estimate of drug-likeness (QED) is 0.792. The molecule has 3 rings (SSSR count). The minimum absolute atomic E-state index is 0.120. The highest BCUT2D eigenvalue weighted by molar-refractivity contribution is 6.10. The highest BCUT2D eigenvalue weighted by Gasteiger charge is 2.48. The van der Waals surface area contributed by atoms with E-state index in [0.717, 1.165) is 11.1 Å². The molecule has 1 aromatic carbocycles. The first-order valence-corrected chi connectivity index (χ1v) is 9.65. The standard InChI is InChI=1S/C23H26O5/c1-6-15-20(25)19-17(24)12-18(16-10-9-14(27-5)11-13(16)4)28-22(19)23(7-2,8-3)21(15)26/h9-12,25H,6-8H2,1-5H3. The van der Waals surface area contributed by atoms with Crippen molar-refractivity contribution in [3.8, 4) is 17.1 Å². The van der Waals surface area contributed by atoms with E-state index in [9.17, 15) is 14.7 Å². The molecule has 0 bridgehead atoms. The van der Waals surface area contributed by atoms with Crippen molar-refractivity contribution in [2.45, 2.75) is 52.4 Å². The van der Waals surface area contributed by atoms with Crippen LogP contribution in [0.25, 0.3) is 17.1 Å². The topological polar surface area (TPSA) is 76.7 Å². The fourth-order valence-electron chi connectivity index (χ4n) is 4.10. The molecule has 1 N–H and O–H groups in total. The van der Waals surface area contributed by atoms with Gasteiger partial charge >= 0.3 is 0 Å². The molecular formula is C23H26O5. The maximum atomic E-state index is 13.2. The number of Topliss-reactive ketones (excluding diaryl/α,β-unsaturated/α-hetero) is 1. The first kappa shape index (κ1) is 19.9. The molecule has 2 aromatic rings. The van der Waals surface area contributed by atoms with Crippen molar-refractivity contribution in [3.63, 3.8) is 0 Å². The van der Waals surface area contributed by atoms with Gasteiger partial charge in [0.05, 0.1) is 12.5 Å². The Labute approximate surface area is 164 Å². The Morgan fingerprint density at radius 2 is 1.79 bits per heavy atom. The number of rotatable bonds is 5. The lowest BCUT2D eigenvalue weighted by atomic mass is 9.68. The summed E-state index contributed by atoms with van der Waals surface area (Å²) >= 11 is 0. The maximum Gasteiger partial charge on any atom is 0.196 e. The molecule has 1 aliphatic rings. The second kappa shape index (κ2) is 7.30. The van der Waals surface area contributed by atoms with E-state index >= 15 is 0 Å². The van der Waals surface area contributed by atoms with Crippen LogP contribution < -0.4 is 10.2 Å². The Balaban J connectivity index is 2.35. The van der Waals surface area contributed by atoms with Gasteiger partial charge < -0.3 is 14.3 Å². The molecule has 148 valence electrons. The van der Waals surface area contributed by atoms with Gasteiger partial charge in [-0.3, -0.25) is 9.59 Å². The van der Waals surface area contributed by atoms with E-state index in [1.165, 1.54) is 6.07 Å². The van der Waals surface area contributed by atoms with E-state index in [4.69, 9.17) is 9.15 Å². The number of carbonyl (C=O) groups is 1. The van der Waals surface area contributed by atoms with Crippen LogP contribution in [0.2, 0.25) is 0 Å². The van der Waals surface area contributed by atoms with E-state index in [-0.39, 0.29) is 28.3 Å². The van der Waals surface area contributed by atoms with Crippen LogP contribution in [0.4, 0.5) is 0 Å². The second-order valence-corrected chi connectivity index (χ2v) is 7.16. The van der Waals surface area contributed by atoms with Crippen LogP contribution in [0.3, 0.4) is 0 Å². The van der Waals surface area contributed by atoms with Crippen LogP contribution in [-0.4, -0.2) is 18.0 Å². The Bertz CT molecular complexity index is 1020. The molecule has 0 fully saturated rings. The number of hydrogen-bond donors (Lipinski definition) is 1. The SMILES string of the molecule is CCC1=C(O)c2c(oc(-c3ccc(OC)cc3C)cc2=O)C(CC)(CC)C1=O. The molecule has 28 heavy (non-hydrogen) atoms. The van der Waals surface area contributed by atoms with Gasteiger partial charge in [-0.2, -0.15) is 0 Å². The summed E-state index contributed by atoms with van der Waals surface area (Å²) in [7, 11) is 1.59. The summed E-state index contributed by atoms with van der Waals surface area (Å²) < 4.78 is 11.4. The molecule has 1 aromatic heterocycles. The smallest absolute Gasteiger partial charge is 0.196 e. The average Bonchev–Trinajstić information content (AvgIpc) is 2.68. The normalized spacial score (nSPS) is 15.5. The van der Waals surface area contributed by atoms with E-state index in [0.29, 0.717) is 36.3 Å². The molecule has 0 aliphatic heterocycles. The lowest BCUT2D eigenvalue weighted by Gasteiger charge is -2.35. The van der Waals surface area contributed by atoms with Gasteiger partial charge in [0.2, 0.25) is 0 Å². The summed E-state index contributed by atoms with van der Waals surface area (Å²) in [6.45, 7) is 7.53. The summed E-state index contributed by atoms with van der Waals surface area (Å²) in [5, 5.41) is 10.7. The second-order valence-electron chi connectivity index (χ2n) is 7.16. The number of hydrogen-bond acceptors (Lipinski definition) is 5. The number of carbonyl (C=O) groups excluding carboxylic acids is 1. The fourth-order valence-corrected chi connectivity index (χ4v) is 4.10. The molecule has 1 aliphatic carbocycles. The van der Waals surface area contributed by atoms with E-state index in [2.05, 4.69) is 0 Å². The summed E-state index contributed by atoms with van der Waals surface area (Å²) in [5.41, 5.74) is 0.777. The summed E-state index contributed by atoms with van der Waals surface area (Å²) in [5.74, 6) is 0.968. The van der Waals surface area contributed by atoms with Crippen molar-refractivity contribution in [3.05, 3.63) is 56.9 Å². The zero-order chi connectivity index (χ0) is 20.6. The summed E-state index contributed by atoms with van der Waals surface area (Å²) in [4.78, 5) is 26.2. The highest BCUT2D eigenvalue weighted by atomic mass is 16.5. The summed E-state index contributed by atoms with van der Waals surface area (Å²) in [6.07, 6.45) is 1.34. The van der Waals surface area contributed by atoms with Crippen LogP contribution in [0.1, 0.15) is 56.9 Å². The van der Waals surface area contributed by atoms with Crippen molar-refractivity contribution in [2.24, 2.45) is 0 Å². The highest BCUT2D eigenvalue weighted by Crippen LogP contribution is 2.45. The molecule has 0 spiro atoms. The molecular weight excluding hydrogens is 356 g/mol. The van der Waals surface area contributed by atoms with Gasteiger partial charge in [0.25, 0.3) is 0 Å². The largest absolute Gasteiger partial charge is 0.507 e. The van der Waals surface area contributed by atoms with Crippen molar-refractivity contribution in [1.82, 2.24) is 0 Å². The molecule has 0 saturated heterocycles. The average molecular weight is 382 g/mol. The van der Waals surface area contributed by atoms with Crippen LogP contribution in [0.15, 0.2) is 39.1 Å². The Morgan fingerprint density at radius 1 is 1.11 bits per heavy atom. The lowest BCUT2D eigenvalue weighted by molar-refractivity contribution is -0.122. The third kappa shape index (κ3) is 2.77. The predicted octanol–water partition coefficient (Wildman–Crippen LogP) is 4.94. The number of aryl methyl sites for hydroxylation is 1. The molecule has 0 saturated carbocycles. The first-order valence-electron chi connectivity index (χ1n) is 9.65. The van der Waals surface area contributed by atoms with E-state index in [1.807, 2.05) is 32.9 Å². The van der Waals surface area contributed by atoms with Crippen molar-refractivity contribution < 1.29 is 19.1 Å². The Kier molecular flexibility index (Phi) is 5.20. The number of benzene rings is 1. The van der Waals surface area contributed by atoms with Crippen LogP contribution in [0.5, 0.6) is 5.75 Å². The van der Waals surface area contributed by atoms with Gasteiger partial charge in [-0.15, -0.1) is 0 Å². The third-order valence-corrected chi connectivity index (χ3v) is 5.87. The zero-order valence-electron chi connectivity index (χ0n) is 17.0. The van der Waals surface area contributed by atoms with Crippen molar-refractivity contribution in [2.75, 3.05) is 7.11 Å². The van der Waals surface area contributed by atoms with Crippen LogP contribution in [-0.2, 0) is 10.2 Å². The molecule has 0 atom stereocenters. The first-order chi connectivity index (χ1) is 13.3. The number of aliphatic hydroxyl groups is 1. The van der Waals surface area contributed by atoms with Gasteiger partial charge in [-0.05, 0) is 49.9 Å². The van der Waals surface area contributed by atoms with Gasteiger partial charge in [0, 0.05) is 17.2 Å². The van der Waals surface area contributed by atoms with Crippen LogP contribution in [0, 0.1) is 6.92 Å². The maximum absolute atomic E-state index is 13.2. The predicted molar refractivity (Wildman–Crippen MR) is 109 cm³/mol. The van der Waals surface area contributed by atoms with Gasteiger partial charge in [-0.25, -0.2) is 0 Å². The molecule has 5 heteroatoms. The molecule has 0 unspecified atom stereocenters. The Hall–Kier alpha value is -2.82. The molecule has 5 nitrogen and oxygen atoms in total. The minimum atomic E-state index is -0.942. The van der Waals surface area contributed by atoms with Crippen molar-refractivity contribution in [1.29, 1.82) is 0 Å². The lowest BCUT2D eigenvalue weighted by Crippen LogP contribution is -2.41. The Morgan fingerprint density at radius 3 is 2.32 bits per heavy atom. The number of allylic oxidation sites excluding steroid dienone is 1.